The van der Waals surface area contributed by atoms with Crippen molar-refractivity contribution in [3.8, 4) is 28.4 Å². The third kappa shape index (κ3) is 3.75. The lowest BCUT2D eigenvalue weighted by molar-refractivity contribution is 0.0737. The number of para-hydroxylation sites is 1. The molecule has 31 heavy (non-hydrogen) atoms. The Labute approximate surface area is 184 Å². The summed E-state index contributed by atoms with van der Waals surface area (Å²) in [5.41, 5.74) is 2.44. The van der Waals surface area contributed by atoms with Crippen molar-refractivity contribution in [2.24, 2.45) is 0 Å². The zero-order valence-corrected chi connectivity index (χ0v) is 17.7. The Hall–Kier alpha value is -3.71. The van der Waals surface area contributed by atoms with E-state index in [9.17, 15) is 15.0 Å². The lowest BCUT2D eigenvalue weighted by atomic mass is 10.0. The summed E-state index contributed by atoms with van der Waals surface area (Å²) in [7, 11) is 1.66. The quantitative estimate of drug-likeness (QED) is 0.420. The first-order valence-corrected chi connectivity index (χ1v) is 10.0. The molecule has 1 amide bonds. The van der Waals surface area contributed by atoms with E-state index in [0.717, 1.165) is 5.69 Å². The van der Waals surface area contributed by atoms with Crippen LogP contribution < -0.4 is 0 Å². The SMILES string of the molecule is CC(c1ccc[nH]1)N(C)C(=O)c1cc(-c2ccnn2-c2ccccc2Cl)c(O)cc1O. The summed E-state index contributed by atoms with van der Waals surface area (Å²) >= 11 is 6.32. The van der Waals surface area contributed by atoms with E-state index in [0.29, 0.717) is 22.0 Å². The van der Waals surface area contributed by atoms with Crippen molar-refractivity contribution in [1.82, 2.24) is 19.7 Å². The van der Waals surface area contributed by atoms with Crippen LogP contribution in [0, 0.1) is 0 Å². The summed E-state index contributed by atoms with van der Waals surface area (Å²) in [5, 5.41) is 25.8. The number of phenolic OH excluding ortho intramolecular Hbond substituents is 2. The van der Waals surface area contributed by atoms with Crippen LogP contribution in [0.1, 0.15) is 29.0 Å². The first kappa shape index (κ1) is 20.6. The van der Waals surface area contributed by atoms with Crippen LogP contribution in [0.4, 0.5) is 0 Å². The lowest BCUT2D eigenvalue weighted by Gasteiger charge is -2.25. The summed E-state index contributed by atoms with van der Waals surface area (Å²) < 4.78 is 1.58. The molecule has 4 rings (SSSR count). The number of carbonyl (C=O) groups excluding carboxylic acids is 1. The fraction of sp³-hybridized carbons (Fsp3) is 0.130. The zero-order valence-electron chi connectivity index (χ0n) is 17.0. The number of nitrogens with one attached hydrogen (secondary N) is 1. The van der Waals surface area contributed by atoms with Crippen LogP contribution >= 0.6 is 11.6 Å². The van der Waals surface area contributed by atoms with Gasteiger partial charge in [0, 0.05) is 30.6 Å². The van der Waals surface area contributed by atoms with Gasteiger partial charge in [0.25, 0.3) is 5.91 Å². The summed E-state index contributed by atoms with van der Waals surface area (Å²) in [6.07, 6.45) is 3.36. The number of phenols is 2. The van der Waals surface area contributed by atoms with E-state index in [1.165, 1.54) is 17.0 Å². The molecule has 0 saturated heterocycles. The Bertz CT molecular complexity index is 1230. The van der Waals surface area contributed by atoms with Crippen LogP contribution in [-0.4, -0.2) is 42.8 Å². The summed E-state index contributed by atoms with van der Waals surface area (Å²) in [6.45, 7) is 1.88. The van der Waals surface area contributed by atoms with Crippen LogP contribution in [0.25, 0.3) is 16.9 Å². The molecule has 2 aromatic carbocycles. The normalized spacial score (nSPS) is 12.0. The van der Waals surface area contributed by atoms with Gasteiger partial charge in [0.15, 0.2) is 0 Å². The Morgan fingerprint density at radius 2 is 1.90 bits per heavy atom. The van der Waals surface area contributed by atoms with Gasteiger partial charge in [-0.1, -0.05) is 23.7 Å². The van der Waals surface area contributed by atoms with Crippen molar-refractivity contribution in [1.29, 1.82) is 0 Å². The van der Waals surface area contributed by atoms with Gasteiger partial charge < -0.3 is 20.1 Å². The Kier molecular flexibility index (Phi) is 5.44. The average molecular weight is 437 g/mol. The second-order valence-corrected chi connectivity index (χ2v) is 7.59. The monoisotopic (exact) mass is 436 g/mol. The Morgan fingerprint density at radius 3 is 2.61 bits per heavy atom. The van der Waals surface area contributed by atoms with Gasteiger partial charge in [0.2, 0.25) is 0 Å². The number of aromatic nitrogens is 3. The van der Waals surface area contributed by atoms with Crippen LogP contribution in [0.5, 0.6) is 11.5 Å². The van der Waals surface area contributed by atoms with Crippen molar-refractivity contribution >= 4 is 17.5 Å². The number of hydrogen-bond donors (Lipinski definition) is 3. The number of rotatable bonds is 5. The molecule has 0 saturated carbocycles. The molecule has 0 spiro atoms. The molecule has 0 aliphatic rings. The molecule has 0 bridgehead atoms. The predicted molar refractivity (Wildman–Crippen MR) is 119 cm³/mol. The number of H-pyrrole nitrogens is 1. The van der Waals surface area contributed by atoms with E-state index in [-0.39, 0.29) is 29.0 Å². The smallest absolute Gasteiger partial charge is 0.257 e. The van der Waals surface area contributed by atoms with Gasteiger partial charge in [-0.15, -0.1) is 0 Å². The highest BCUT2D eigenvalue weighted by atomic mass is 35.5. The zero-order chi connectivity index (χ0) is 22.1. The average Bonchev–Trinajstić information content (AvgIpc) is 3.45. The molecule has 0 radical (unpaired) electrons. The third-order valence-corrected chi connectivity index (χ3v) is 5.64. The van der Waals surface area contributed by atoms with Gasteiger partial charge in [0.1, 0.15) is 11.5 Å². The maximum absolute atomic E-state index is 13.2. The molecule has 1 unspecified atom stereocenters. The Morgan fingerprint density at radius 1 is 1.13 bits per heavy atom. The molecule has 158 valence electrons. The number of carbonyl (C=O) groups is 1. The molecule has 2 heterocycles. The molecular weight excluding hydrogens is 416 g/mol. The van der Waals surface area contributed by atoms with Crippen LogP contribution in [0.15, 0.2) is 67.0 Å². The van der Waals surface area contributed by atoms with Gasteiger partial charge >= 0.3 is 0 Å². The second kappa shape index (κ2) is 8.20. The van der Waals surface area contributed by atoms with Gasteiger partial charge in [-0.3, -0.25) is 4.79 Å². The molecule has 7 nitrogen and oxygen atoms in total. The number of amides is 1. The fourth-order valence-corrected chi connectivity index (χ4v) is 3.67. The topological polar surface area (TPSA) is 94.4 Å². The first-order valence-electron chi connectivity index (χ1n) is 9.64. The van der Waals surface area contributed by atoms with E-state index in [1.54, 1.807) is 42.3 Å². The maximum Gasteiger partial charge on any atom is 0.257 e. The van der Waals surface area contributed by atoms with E-state index >= 15 is 0 Å². The van der Waals surface area contributed by atoms with E-state index in [4.69, 9.17) is 11.6 Å². The van der Waals surface area contributed by atoms with Gasteiger partial charge in [-0.25, -0.2) is 4.68 Å². The van der Waals surface area contributed by atoms with Gasteiger partial charge in [-0.2, -0.15) is 5.10 Å². The van der Waals surface area contributed by atoms with E-state index in [2.05, 4.69) is 10.1 Å². The molecular formula is C23H21ClN4O3. The highest BCUT2D eigenvalue weighted by Gasteiger charge is 2.25. The van der Waals surface area contributed by atoms with E-state index < -0.39 is 0 Å². The molecule has 3 N–H and O–H groups in total. The summed E-state index contributed by atoms with van der Waals surface area (Å²) in [6, 6.07) is 15.0. The summed E-state index contributed by atoms with van der Waals surface area (Å²) in [4.78, 5) is 17.8. The molecule has 1 atom stereocenters. The molecule has 2 aromatic heterocycles. The number of halogens is 1. The van der Waals surface area contributed by atoms with Crippen molar-refractivity contribution in [2.45, 2.75) is 13.0 Å². The van der Waals surface area contributed by atoms with Crippen molar-refractivity contribution in [3.05, 3.63) is 83.3 Å². The molecule has 8 heteroatoms. The molecule has 0 aliphatic carbocycles. The van der Waals surface area contributed by atoms with Crippen LogP contribution in [-0.2, 0) is 0 Å². The number of hydrogen-bond acceptors (Lipinski definition) is 4. The minimum absolute atomic E-state index is 0.0700. The maximum atomic E-state index is 13.2. The predicted octanol–water partition coefficient (Wildman–Crippen LogP) is 4.77. The minimum atomic E-state index is -0.385. The highest BCUT2D eigenvalue weighted by molar-refractivity contribution is 6.32. The number of nitrogens with zero attached hydrogens (tertiary/aromatic N) is 3. The van der Waals surface area contributed by atoms with Gasteiger partial charge in [0.05, 0.1) is 34.2 Å². The highest BCUT2D eigenvalue weighted by Crippen LogP contribution is 2.37. The number of benzene rings is 2. The lowest BCUT2D eigenvalue weighted by Crippen LogP contribution is -2.30. The van der Waals surface area contributed by atoms with Crippen LogP contribution in [0.2, 0.25) is 5.02 Å². The number of aromatic amines is 1. The van der Waals surface area contributed by atoms with Crippen LogP contribution in [0.3, 0.4) is 0 Å². The minimum Gasteiger partial charge on any atom is -0.507 e. The first-order chi connectivity index (χ1) is 14.9. The summed E-state index contributed by atoms with van der Waals surface area (Å²) in [5.74, 6) is -0.867. The van der Waals surface area contributed by atoms with Gasteiger partial charge in [-0.05, 0) is 43.3 Å². The molecule has 0 aliphatic heterocycles. The molecule has 4 aromatic rings. The largest absolute Gasteiger partial charge is 0.507 e. The van der Waals surface area contributed by atoms with Crippen molar-refractivity contribution < 1.29 is 15.0 Å². The number of aromatic hydroxyl groups is 2. The van der Waals surface area contributed by atoms with E-state index in [1.807, 2.05) is 31.2 Å². The van der Waals surface area contributed by atoms with Crippen molar-refractivity contribution in [2.75, 3.05) is 7.05 Å². The fourth-order valence-electron chi connectivity index (χ4n) is 3.46. The molecule has 0 fully saturated rings. The van der Waals surface area contributed by atoms with Crippen molar-refractivity contribution in [3.63, 3.8) is 0 Å². The second-order valence-electron chi connectivity index (χ2n) is 7.18. The third-order valence-electron chi connectivity index (χ3n) is 5.32. The Balaban J connectivity index is 1.76. The standard InChI is InChI=1S/C23H21ClN4O3/c1-14(18-7-5-10-25-18)27(2)23(31)16-12-15(21(29)13-22(16)30)19-9-11-26-28(19)20-8-4-3-6-17(20)24/h3-14,25,29-30H,1-2H3.